The summed E-state index contributed by atoms with van der Waals surface area (Å²) in [5.41, 5.74) is 6.91. The number of hydrogen-bond donors (Lipinski definition) is 3. The normalized spacial score (nSPS) is 32.0. The molecule has 0 saturated carbocycles. The third-order valence-corrected chi connectivity index (χ3v) is 7.07. The standard InChI is InChI=1S/C16H24BN5O5PS/c1-2-3-4-5-6-29-16-21-10-13(18)19-8-20-14(10)22(16)15-11(23)12-9(26-15)7-25-28(17,24)27-12/h8-9,11-12,15,23-24H,2-7H2,1H3,(H2,18,19,20)/q+1/t9-,11-,12-,15-,28?/m1/s1. The molecule has 0 bridgehead atoms. The first-order chi connectivity index (χ1) is 13.9. The average Bonchev–Trinajstić information content (AvgIpc) is 3.19. The van der Waals surface area contributed by atoms with Crippen molar-refractivity contribution in [2.45, 2.75) is 62.3 Å². The SMILES string of the molecule is [B][P+]1(O)OC[C@H]2O[C@@H](n3c(SCCCCCC)nc4c(N)ncnc43)[C@H](O)[C@@H]2O1. The Kier molecular flexibility index (Phi) is 6.31. The van der Waals surface area contributed by atoms with E-state index in [1.807, 2.05) is 0 Å². The molecule has 0 amide bonds. The van der Waals surface area contributed by atoms with E-state index in [-0.39, 0.29) is 12.4 Å². The molecule has 4 N–H and O–H groups in total. The molecule has 2 radical (unpaired) electrons. The van der Waals surface area contributed by atoms with E-state index < -0.39 is 32.4 Å². The van der Waals surface area contributed by atoms with Crippen molar-refractivity contribution in [2.24, 2.45) is 0 Å². The number of aromatic nitrogens is 4. The summed E-state index contributed by atoms with van der Waals surface area (Å²) in [7, 11) is 2.14. The fraction of sp³-hybridized carbons (Fsp3) is 0.688. The minimum atomic E-state index is -3.46. The fourth-order valence-electron chi connectivity index (χ4n) is 3.51. The number of aliphatic hydroxyl groups excluding tert-OH is 1. The maximum Gasteiger partial charge on any atom is 0.488 e. The molecule has 156 valence electrons. The van der Waals surface area contributed by atoms with Gasteiger partial charge in [0.1, 0.15) is 25.1 Å². The van der Waals surface area contributed by atoms with Crippen LogP contribution in [0.3, 0.4) is 0 Å². The molecular formula is C16H24BN5O5PS+. The predicted molar refractivity (Wildman–Crippen MR) is 110 cm³/mol. The van der Waals surface area contributed by atoms with Crippen LogP contribution in [0.25, 0.3) is 11.2 Å². The van der Waals surface area contributed by atoms with E-state index in [2.05, 4.69) is 21.9 Å². The zero-order valence-electron chi connectivity index (χ0n) is 16.0. The van der Waals surface area contributed by atoms with E-state index >= 15 is 0 Å². The maximum atomic E-state index is 10.9. The van der Waals surface area contributed by atoms with Crippen molar-refractivity contribution in [3.05, 3.63) is 6.33 Å². The second kappa shape index (κ2) is 8.62. The number of nitrogen functional groups attached to an aromatic ring is 1. The summed E-state index contributed by atoms with van der Waals surface area (Å²) in [6.07, 6.45) is 2.59. The lowest BCUT2D eigenvalue weighted by Gasteiger charge is -2.27. The molecule has 4 rings (SSSR count). The largest absolute Gasteiger partial charge is 0.488 e. The zero-order chi connectivity index (χ0) is 20.6. The topological polar surface area (TPSA) is 138 Å². The van der Waals surface area contributed by atoms with Gasteiger partial charge < -0.3 is 15.6 Å². The van der Waals surface area contributed by atoms with Crippen LogP contribution in [-0.2, 0) is 13.8 Å². The van der Waals surface area contributed by atoms with Gasteiger partial charge in [-0.05, 0) is 6.42 Å². The van der Waals surface area contributed by atoms with Crippen LogP contribution in [0.5, 0.6) is 0 Å². The van der Waals surface area contributed by atoms with E-state index in [9.17, 15) is 10.00 Å². The summed E-state index contributed by atoms with van der Waals surface area (Å²) in [6.45, 7) is 2.20. The first-order valence-corrected chi connectivity index (χ1v) is 12.2. The second-order valence-corrected chi connectivity index (χ2v) is 9.75. The summed E-state index contributed by atoms with van der Waals surface area (Å²) in [5.74, 6) is 1.12. The van der Waals surface area contributed by atoms with E-state index in [0.29, 0.717) is 16.3 Å². The Labute approximate surface area is 174 Å². The molecule has 2 aromatic rings. The summed E-state index contributed by atoms with van der Waals surface area (Å²) in [6, 6.07) is 0. The lowest BCUT2D eigenvalue weighted by Crippen LogP contribution is -2.40. The summed E-state index contributed by atoms with van der Waals surface area (Å²) < 4.78 is 18.3. The van der Waals surface area contributed by atoms with Crippen LogP contribution in [0.4, 0.5) is 5.82 Å². The molecule has 10 nitrogen and oxygen atoms in total. The second-order valence-electron chi connectivity index (χ2n) is 7.09. The van der Waals surface area contributed by atoms with Crippen LogP contribution in [0.15, 0.2) is 11.5 Å². The minimum Gasteiger partial charge on any atom is -0.385 e. The van der Waals surface area contributed by atoms with Gasteiger partial charge in [0.25, 0.3) is 0 Å². The van der Waals surface area contributed by atoms with Gasteiger partial charge in [0.2, 0.25) is 0 Å². The fourth-order valence-corrected chi connectivity index (χ4v) is 5.56. The number of rotatable bonds is 7. The molecule has 2 fully saturated rings. The van der Waals surface area contributed by atoms with Crippen molar-refractivity contribution >= 4 is 44.1 Å². The number of ether oxygens (including phenoxy) is 1. The number of nitrogens with two attached hydrogens (primary N) is 1. The van der Waals surface area contributed by atoms with Gasteiger partial charge in [-0.1, -0.05) is 37.9 Å². The van der Waals surface area contributed by atoms with E-state index in [1.165, 1.54) is 19.2 Å². The van der Waals surface area contributed by atoms with Crippen molar-refractivity contribution in [2.75, 3.05) is 18.1 Å². The highest BCUT2D eigenvalue weighted by Gasteiger charge is 2.57. The molecule has 0 aliphatic carbocycles. The number of aliphatic hydroxyl groups is 1. The summed E-state index contributed by atoms with van der Waals surface area (Å²) in [5, 5.41) is 11.5. The van der Waals surface area contributed by atoms with Gasteiger partial charge in [0, 0.05) is 5.75 Å². The van der Waals surface area contributed by atoms with Crippen LogP contribution >= 0.6 is 19.6 Å². The van der Waals surface area contributed by atoms with Crippen molar-refractivity contribution in [3.63, 3.8) is 0 Å². The van der Waals surface area contributed by atoms with Gasteiger partial charge in [-0.3, -0.25) is 4.57 Å². The highest BCUT2D eigenvalue weighted by molar-refractivity contribution is 7.99. The number of unbranched alkanes of at least 4 members (excludes halogenated alkanes) is 3. The van der Waals surface area contributed by atoms with Crippen molar-refractivity contribution in [1.82, 2.24) is 19.5 Å². The van der Waals surface area contributed by atoms with E-state index in [4.69, 9.17) is 27.1 Å². The molecule has 2 aliphatic rings. The van der Waals surface area contributed by atoms with Gasteiger partial charge in [0.15, 0.2) is 34.5 Å². The Morgan fingerprint density at radius 1 is 1.38 bits per heavy atom. The molecule has 1 unspecified atom stereocenters. The van der Waals surface area contributed by atoms with Gasteiger partial charge in [-0.2, -0.15) is 9.05 Å². The van der Waals surface area contributed by atoms with Gasteiger partial charge >= 0.3 is 15.4 Å². The van der Waals surface area contributed by atoms with Crippen molar-refractivity contribution in [1.29, 1.82) is 0 Å². The Morgan fingerprint density at radius 3 is 3.00 bits per heavy atom. The molecule has 2 aromatic heterocycles. The summed E-state index contributed by atoms with van der Waals surface area (Å²) >= 11 is 1.55. The van der Waals surface area contributed by atoms with Crippen LogP contribution in [0, 0.1) is 0 Å². The Bertz CT molecular complexity index is 874. The van der Waals surface area contributed by atoms with Crippen LogP contribution < -0.4 is 5.73 Å². The van der Waals surface area contributed by atoms with Gasteiger partial charge in [0.05, 0.1) is 0 Å². The molecule has 0 spiro atoms. The summed E-state index contributed by atoms with van der Waals surface area (Å²) in [4.78, 5) is 22.8. The average molecular weight is 440 g/mol. The number of imidazole rings is 1. The molecule has 2 saturated heterocycles. The quantitative estimate of drug-likeness (QED) is 0.252. The van der Waals surface area contributed by atoms with Crippen LogP contribution in [0.1, 0.15) is 38.8 Å². The Hall–Kier alpha value is -1.01. The number of anilines is 1. The number of fused-ring (bicyclic) bond motifs is 2. The Morgan fingerprint density at radius 2 is 2.21 bits per heavy atom. The smallest absolute Gasteiger partial charge is 0.385 e. The molecule has 13 heteroatoms. The lowest BCUT2D eigenvalue weighted by atomic mass is 10.1. The highest BCUT2D eigenvalue weighted by Crippen LogP contribution is 2.58. The molecule has 29 heavy (non-hydrogen) atoms. The lowest BCUT2D eigenvalue weighted by molar-refractivity contribution is -0.0628. The Balaban J connectivity index is 1.63. The zero-order valence-corrected chi connectivity index (χ0v) is 17.8. The third-order valence-electron chi connectivity index (χ3n) is 4.96. The first kappa shape index (κ1) is 21.2. The first-order valence-electron chi connectivity index (χ1n) is 9.59. The molecule has 5 atom stereocenters. The van der Waals surface area contributed by atoms with Crippen molar-refractivity contribution < 1.29 is 23.8 Å². The maximum absolute atomic E-state index is 10.9. The predicted octanol–water partition coefficient (Wildman–Crippen LogP) is 1.59. The van der Waals surface area contributed by atoms with Gasteiger partial charge in [-0.15, -0.1) is 0 Å². The third kappa shape index (κ3) is 4.25. The number of thioether (sulfide) groups is 1. The highest BCUT2D eigenvalue weighted by atomic mass is 32.2. The molecule has 4 heterocycles. The molecule has 0 aromatic carbocycles. The van der Waals surface area contributed by atoms with Crippen LogP contribution in [0.2, 0.25) is 0 Å². The van der Waals surface area contributed by atoms with Crippen molar-refractivity contribution in [3.8, 4) is 0 Å². The van der Waals surface area contributed by atoms with E-state index in [0.717, 1.165) is 18.6 Å². The molecule has 2 aliphatic heterocycles. The number of hydrogen-bond acceptors (Lipinski definition) is 10. The van der Waals surface area contributed by atoms with E-state index in [1.54, 1.807) is 16.3 Å². The monoisotopic (exact) mass is 440 g/mol. The molecular weight excluding hydrogens is 416 g/mol. The number of nitrogens with zero attached hydrogens (tertiary/aromatic N) is 4. The van der Waals surface area contributed by atoms with Crippen LogP contribution in [-0.4, -0.2) is 67.8 Å². The minimum absolute atomic E-state index is 0.0300. The van der Waals surface area contributed by atoms with Gasteiger partial charge in [-0.25, -0.2) is 19.8 Å².